The van der Waals surface area contributed by atoms with Crippen LogP contribution in [0.3, 0.4) is 0 Å². The Morgan fingerprint density at radius 2 is 0.895 bits per heavy atom. The summed E-state index contributed by atoms with van der Waals surface area (Å²) < 4.78 is 0. The van der Waals surface area contributed by atoms with Crippen molar-refractivity contribution in [1.82, 2.24) is 0 Å². The van der Waals surface area contributed by atoms with E-state index in [1.165, 1.54) is 11.1 Å². The van der Waals surface area contributed by atoms with E-state index in [0.717, 1.165) is 24.2 Å². The molecule has 2 aromatic carbocycles. The summed E-state index contributed by atoms with van der Waals surface area (Å²) in [5, 5.41) is 20.2. The molecule has 2 rings (SSSR count). The maximum absolute atomic E-state index is 8.97. The minimum absolute atomic E-state index is 0.0984. The van der Waals surface area contributed by atoms with Crippen LogP contribution in [0.4, 0.5) is 0 Å². The van der Waals surface area contributed by atoms with Gasteiger partial charge in [-0.2, -0.15) is 0 Å². The molecular formula is C16H20NO2+. The average molecular weight is 258 g/mol. The maximum atomic E-state index is 8.97. The van der Waals surface area contributed by atoms with Gasteiger partial charge in [-0.3, -0.25) is 0 Å². The van der Waals surface area contributed by atoms with Gasteiger partial charge in [-0.05, 0) is 11.1 Å². The molecule has 0 radical (unpaired) electrons. The molecule has 0 amide bonds. The van der Waals surface area contributed by atoms with E-state index < -0.39 is 0 Å². The lowest BCUT2D eigenvalue weighted by atomic mass is 10.1. The lowest BCUT2D eigenvalue weighted by Crippen LogP contribution is -2.80. The van der Waals surface area contributed by atoms with Gasteiger partial charge in [0.25, 0.3) is 0 Å². The van der Waals surface area contributed by atoms with Crippen molar-refractivity contribution in [2.45, 2.75) is 26.3 Å². The van der Waals surface area contributed by atoms with Gasteiger partial charge >= 0.3 is 0 Å². The molecule has 0 aliphatic carbocycles. The normalized spacial score (nSPS) is 10.6. The van der Waals surface area contributed by atoms with Crippen molar-refractivity contribution >= 4 is 0 Å². The minimum atomic E-state index is 0.0984. The first-order valence-corrected chi connectivity index (χ1v) is 6.51. The van der Waals surface area contributed by atoms with Gasteiger partial charge in [0.2, 0.25) is 0 Å². The van der Waals surface area contributed by atoms with Crippen LogP contribution in [0.5, 0.6) is 0 Å². The predicted octanol–water partition coefficient (Wildman–Crippen LogP) is 0.935. The van der Waals surface area contributed by atoms with E-state index in [1.807, 2.05) is 24.3 Å². The third-order valence-electron chi connectivity index (χ3n) is 3.17. The quantitative estimate of drug-likeness (QED) is 0.722. The van der Waals surface area contributed by atoms with E-state index in [4.69, 9.17) is 10.2 Å². The average Bonchev–Trinajstić information content (AvgIpc) is 2.49. The molecule has 0 saturated heterocycles. The topological polar surface area (TPSA) is 57.1 Å². The van der Waals surface area contributed by atoms with E-state index in [2.05, 4.69) is 29.6 Å². The molecule has 0 bridgehead atoms. The summed E-state index contributed by atoms with van der Waals surface area (Å²) in [5.41, 5.74) is 4.40. The fourth-order valence-corrected chi connectivity index (χ4v) is 1.97. The monoisotopic (exact) mass is 258 g/mol. The van der Waals surface area contributed by atoms with E-state index in [1.54, 1.807) is 0 Å². The van der Waals surface area contributed by atoms with Crippen LogP contribution in [0.25, 0.3) is 0 Å². The van der Waals surface area contributed by atoms with Crippen molar-refractivity contribution in [3.63, 3.8) is 0 Å². The zero-order valence-corrected chi connectivity index (χ0v) is 10.9. The smallest absolute Gasteiger partial charge is 0.101 e. The fourth-order valence-electron chi connectivity index (χ4n) is 1.97. The Morgan fingerprint density at radius 3 is 1.21 bits per heavy atom. The van der Waals surface area contributed by atoms with Crippen LogP contribution in [0.1, 0.15) is 22.3 Å². The zero-order valence-electron chi connectivity index (χ0n) is 10.9. The van der Waals surface area contributed by atoms with Crippen molar-refractivity contribution < 1.29 is 15.5 Å². The van der Waals surface area contributed by atoms with Crippen LogP contribution < -0.4 is 5.32 Å². The molecule has 0 unspecified atom stereocenters. The van der Waals surface area contributed by atoms with Crippen molar-refractivity contribution in [2.75, 3.05) is 0 Å². The summed E-state index contributed by atoms with van der Waals surface area (Å²) in [4.78, 5) is 0. The second-order valence-corrected chi connectivity index (χ2v) is 4.65. The molecule has 0 aromatic heterocycles. The summed E-state index contributed by atoms with van der Waals surface area (Å²) in [5.74, 6) is 0. The Kier molecular flexibility index (Phi) is 5.10. The van der Waals surface area contributed by atoms with Gasteiger partial charge < -0.3 is 15.5 Å². The first-order valence-electron chi connectivity index (χ1n) is 6.51. The molecular weight excluding hydrogens is 238 g/mol. The number of hydrogen-bond acceptors (Lipinski definition) is 2. The van der Waals surface area contributed by atoms with Crippen molar-refractivity contribution in [2.24, 2.45) is 0 Å². The van der Waals surface area contributed by atoms with Gasteiger partial charge in [-0.1, -0.05) is 48.5 Å². The summed E-state index contributed by atoms with van der Waals surface area (Å²) >= 11 is 0. The Labute approximate surface area is 113 Å². The summed E-state index contributed by atoms with van der Waals surface area (Å²) in [6.45, 7) is 2.04. The van der Waals surface area contributed by atoms with E-state index in [9.17, 15) is 0 Å². The second-order valence-electron chi connectivity index (χ2n) is 4.65. The van der Waals surface area contributed by atoms with Gasteiger partial charge in [0.1, 0.15) is 13.1 Å². The van der Waals surface area contributed by atoms with E-state index >= 15 is 0 Å². The summed E-state index contributed by atoms with van der Waals surface area (Å²) in [6.07, 6.45) is 0. The highest BCUT2D eigenvalue weighted by Crippen LogP contribution is 2.04. The van der Waals surface area contributed by atoms with Crippen molar-refractivity contribution in [3.05, 3.63) is 70.8 Å². The third kappa shape index (κ3) is 4.17. The number of rotatable bonds is 6. The first-order chi connectivity index (χ1) is 9.31. The van der Waals surface area contributed by atoms with Gasteiger partial charge in [0.05, 0.1) is 13.2 Å². The molecule has 0 atom stereocenters. The zero-order chi connectivity index (χ0) is 13.5. The van der Waals surface area contributed by atoms with Crippen LogP contribution in [0.2, 0.25) is 0 Å². The molecule has 0 fully saturated rings. The number of quaternary nitrogens is 1. The number of aliphatic hydroxyl groups excluding tert-OH is 2. The number of hydrogen-bond donors (Lipinski definition) is 3. The Bertz CT molecular complexity index is 444. The highest BCUT2D eigenvalue weighted by molar-refractivity contribution is 5.22. The Hall–Kier alpha value is -1.68. The van der Waals surface area contributed by atoms with Gasteiger partial charge in [-0.25, -0.2) is 0 Å². The van der Waals surface area contributed by atoms with Crippen LogP contribution in [0, 0.1) is 0 Å². The summed E-state index contributed by atoms with van der Waals surface area (Å²) in [6, 6.07) is 16.0. The van der Waals surface area contributed by atoms with Gasteiger partial charge in [-0.15, -0.1) is 0 Å². The van der Waals surface area contributed by atoms with Crippen molar-refractivity contribution in [3.8, 4) is 0 Å². The largest absolute Gasteiger partial charge is 0.392 e. The molecule has 0 aliphatic rings. The number of benzene rings is 2. The van der Waals surface area contributed by atoms with Crippen LogP contribution >= 0.6 is 0 Å². The van der Waals surface area contributed by atoms with Gasteiger partial charge in [0, 0.05) is 11.1 Å². The van der Waals surface area contributed by atoms with Crippen molar-refractivity contribution in [1.29, 1.82) is 0 Å². The lowest BCUT2D eigenvalue weighted by Gasteiger charge is -2.04. The molecule has 3 nitrogen and oxygen atoms in total. The lowest BCUT2D eigenvalue weighted by molar-refractivity contribution is -0.686. The molecule has 0 spiro atoms. The molecule has 3 heteroatoms. The fraction of sp³-hybridized carbons (Fsp3) is 0.250. The number of aliphatic hydroxyl groups is 2. The van der Waals surface area contributed by atoms with Gasteiger partial charge in [0.15, 0.2) is 0 Å². The van der Waals surface area contributed by atoms with E-state index in [-0.39, 0.29) is 13.2 Å². The molecule has 0 aliphatic heterocycles. The summed E-state index contributed by atoms with van der Waals surface area (Å²) in [7, 11) is 0. The Morgan fingerprint density at radius 1 is 0.579 bits per heavy atom. The van der Waals surface area contributed by atoms with Crippen LogP contribution in [-0.4, -0.2) is 10.2 Å². The second kappa shape index (κ2) is 7.04. The highest BCUT2D eigenvalue weighted by Gasteiger charge is 1.99. The molecule has 0 saturated carbocycles. The van der Waals surface area contributed by atoms with E-state index in [0.29, 0.717) is 0 Å². The maximum Gasteiger partial charge on any atom is 0.101 e. The molecule has 19 heavy (non-hydrogen) atoms. The minimum Gasteiger partial charge on any atom is -0.392 e. The molecule has 2 aromatic rings. The number of nitrogens with two attached hydrogens (primary N) is 1. The van der Waals surface area contributed by atoms with Crippen LogP contribution in [-0.2, 0) is 26.3 Å². The molecule has 0 heterocycles. The third-order valence-corrected chi connectivity index (χ3v) is 3.17. The van der Waals surface area contributed by atoms with Crippen LogP contribution in [0.15, 0.2) is 48.5 Å². The Balaban J connectivity index is 1.81. The molecule has 4 N–H and O–H groups in total. The first kappa shape index (κ1) is 13.7. The highest BCUT2D eigenvalue weighted by atomic mass is 16.3. The standard InChI is InChI=1S/C16H19NO2/c18-11-15-5-1-13(2-6-15)9-17-10-14-3-7-16(12-19)8-4-14/h1-8,17-19H,9-12H2/p+1. The SMILES string of the molecule is OCc1ccc(C[NH2+]Cc2ccc(CO)cc2)cc1. The molecule has 100 valence electrons. The predicted molar refractivity (Wildman–Crippen MR) is 74.1 cm³/mol.